The third-order valence-corrected chi connectivity index (χ3v) is 7.08. The van der Waals surface area contributed by atoms with Gasteiger partial charge in [-0.1, -0.05) is 6.07 Å². The molecule has 122 valence electrons. The minimum Gasteiger partial charge on any atom is -0.457 e. The number of benzene rings is 1. The zero-order valence-electron chi connectivity index (χ0n) is 13.1. The molecule has 4 saturated carbocycles. The summed E-state index contributed by atoms with van der Waals surface area (Å²) in [5.74, 6) is 1.43. The van der Waals surface area contributed by atoms with Gasteiger partial charge in [-0.2, -0.15) is 0 Å². The number of fused-ring (bicyclic) bond motifs is 2. The smallest absolute Gasteiger partial charge is 0.338 e. The largest absolute Gasteiger partial charge is 0.457 e. The SMILES string of the molecule is O=C1OCc2ccc(N3C(=O)[C@@H]4[C@@H]5CC[C@@H]([C@@H]6C[C@@H]65)[C@@H]4C3=O)cc21. The lowest BCUT2D eigenvalue weighted by atomic mass is 9.59. The lowest BCUT2D eigenvalue weighted by Crippen LogP contribution is -2.43. The van der Waals surface area contributed by atoms with Crippen molar-refractivity contribution in [3.63, 3.8) is 0 Å². The van der Waals surface area contributed by atoms with E-state index in [0.29, 0.717) is 34.9 Å². The van der Waals surface area contributed by atoms with E-state index in [4.69, 9.17) is 4.74 Å². The lowest BCUT2D eigenvalue weighted by Gasteiger charge is -2.42. The highest BCUT2D eigenvalue weighted by Crippen LogP contribution is 2.68. The van der Waals surface area contributed by atoms with Crippen LogP contribution in [0.3, 0.4) is 0 Å². The monoisotopic (exact) mass is 323 g/mol. The maximum Gasteiger partial charge on any atom is 0.338 e. The highest BCUT2D eigenvalue weighted by molar-refractivity contribution is 6.22. The molecule has 2 amide bonds. The Morgan fingerprint density at radius 1 is 0.917 bits per heavy atom. The Bertz CT molecular complexity index is 797. The molecule has 5 fully saturated rings. The van der Waals surface area contributed by atoms with Crippen LogP contribution >= 0.6 is 0 Å². The standard InChI is InChI=1S/C19H17NO4/c21-17-15-10-3-4-11(14-6-13(10)14)16(15)18(22)20(17)9-2-1-8-7-24-19(23)12(8)5-9/h1-2,5,10-11,13-16H,3-4,6-7H2/t10-,11+,13-,14+,15-,16+. The average molecular weight is 323 g/mol. The lowest BCUT2D eigenvalue weighted by molar-refractivity contribution is -0.129. The molecule has 0 aromatic heterocycles. The fraction of sp³-hybridized carbons (Fsp3) is 0.526. The summed E-state index contributed by atoms with van der Waals surface area (Å²) in [4.78, 5) is 39.3. The van der Waals surface area contributed by atoms with Gasteiger partial charge in [-0.05, 0) is 55.1 Å². The Kier molecular flexibility index (Phi) is 2.23. The second-order valence-corrected chi connectivity index (χ2v) is 7.95. The Labute approximate surface area is 139 Å². The molecule has 0 spiro atoms. The van der Waals surface area contributed by atoms with Crippen LogP contribution < -0.4 is 4.90 Å². The zero-order chi connectivity index (χ0) is 16.2. The number of carbonyl (C=O) groups excluding carboxylic acids is 3. The maximum absolute atomic E-state index is 13.1. The molecule has 4 aliphatic carbocycles. The van der Waals surface area contributed by atoms with E-state index < -0.39 is 0 Å². The number of amides is 2. The van der Waals surface area contributed by atoms with Crippen molar-refractivity contribution < 1.29 is 19.1 Å². The van der Waals surface area contributed by atoms with E-state index in [1.807, 2.05) is 0 Å². The van der Waals surface area contributed by atoms with E-state index in [9.17, 15) is 14.4 Å². The van der Waals surface area contributed by atoms with Gasteiger partial charge in [-0.15, -0.1) is 0 Å². The summed E-state index contributed by atoms with van der Waals surface area (Å²) in [7, 11) is 0. The molecular weight excluding hydrogens is 306 g/mol. The third kappa shape index (κ3) is 1.40. The van der Waals surface area contributed by atoms with Crippen LogP contribution in [0.15, 0.2) is 18.2 Å². The van der Waals surface area contributed by atoms with Crippen LogP contribution in [-0.2, 0) is 20.9 Å². The number of rotatable bonds is 1. The van der Waals surface area contributed by atoms with Crippen molar-refractivity contribution in [2.75, 3.05) is 4.90 Å². The van der Waals surface area contributed by atoms with Gasteiger partial charge in [0.2, 0.25) is 11.8 Å². The molecule has 5 heteroatoms. The summed E-state index contributed by atoms with van der Waals surface area (Å²) in [6.07, 6.45) is 3.40. The summed E-state index contributed by atoms with van der Waals surface area (Å²) >= 11 is 0. The molecule has 1 saturated heterocycles. The van der Waals surface area contributed by atoms with Crippen LogP contribution in [0.5, 0.6) is 0 Å². The molecule has 5 nitrogen and oxygen atoms in total. The van der Waals surface area contributed by atoms with Crippen molar-refractivity contribution in [3.05, 3.63) is 29.3 Å². The first-order chi connectivity index (χ1) is 11.6. The van der Waals surface area contributed by atoms with Crippen LogP contribution in [0.2, 0.25) is 0 Å². The van der Waals surface area contributed by atoms with Crippen molar-refractivity contribution in [1.29, 1.82) is 0 Å². The van der Waals surface area contributed by atoms with Gasteiger partial charge in [0.15, 0.2) is 0 Å². The molecular formula is C19H17NO4. The van der Waals surface area contributed by atoms with Crippen molar-refractivity contribution >= 4 is 23.5 Å². The fourth-order valence-corrected chi connectivity index (χ4v) is 6.03. The van der Waals surface area contributed by atoms with Crippen molar-refractivity contribution in [2.45, 2.75) is 25.9 Å². The predicted octanol–water partition coefficient (Wildman–Crippen LogP) is 2.14. The third-order valence-electron chi connectivity index (χ3n) is 7.08. The highest BCUT2D eigenvalue weighted by atomic mass is 16.5. The molecule has 2 bridgehead atoms. The number of hydrogen-bond acceptors (Lipinski definition) is 4. The molecule has 24 heavy (non-hydrogen) atoms. The first-order valence-corrected chi connectivity index (χ1v) is 8.83. The number of nitrogens with zero attached hydrogens (tertiary/aromatic N) is 1. The maximum atomic E-state index is 13.1. The molecule has 2 heterocycles. The van der Waals surface area contributed by atoms with Crippen molar-refractivity contribution in [2.24, 2.45) is 35.5 Å². The van der Waals surface area contributed by atoms with Crippen LogP contribution in [-0.4, -0.2) is 17.8 Å². The highest BCUT2D eigenvalue weighted by Gasteiger charge is 2.68. The van der Waals surface area contributed by atoms with Gasteiger partial charge in [0.1, 0.15) is 6.61 Å². The van der Waals surface area contributed by atoms with E-state index in [-0.39, 0.29) is 36.2 Å². The molecule has 0 unspecified atom stereocenters. The van der Waals surface area contributed by atoms with Crippen LogP contribution in [0.25, 0.3) is 0 Å². The van der Waals surface area contributed by atoms with Crippen molar-refractivity contribution in [1.82, 2.24) is 0 Å². The first kappa shape index (κ1) is 13.2. The molecule has 0 N–H and O–H groups in total. The van der Waals surface area contributed by atoms with Gasteiger partial charge in [0.25, 0.3) is 0 Å². The summed E-state index contributed by atoms with van der Waals surface area (Å²) in [6.45, 7) is 0.273. The quantitative estimate of drug-likeness (QED) is 0.587. The van der Waals surface area contributed by atoms with Crippen LogP contribution in [0.1, 0.15) is 35.2 Å². The minimum atomic E-state index is -0.371. The Morgan fingerprint density at radius 2 is 1.58 bits per heavy atom. The van der Waals surface area contributed by atoms with Gasteiger partial charge in [-0.25, -0.2) is 4.79 Å². The van der Waals surface area contributed by atoms with E-state index >= 15 is 0 Å². The number of esters is 1. The number of cyclic esters (lactones) is 1. The van der Waals surface area contributed by atoms with Crippen LogP contribution in [0, 0.1) is 35.5 Å². The normalized spacial score (nSPS) is 41.2. The van der Waals surface area contributed by atoms with Gasteiger partial charge >= 0.3 is 5.97 Å². The molecule has 6 aliphatic rings. The van der Waals surface area contributed by atoms with E-state index in [1.165, 1.54) is 11.3 Å². The predicted molar refractivity (Wildman–Crippen MR) is 82.8 cm³/mol. The zero-order valence-corrected chi connectivity index (χ0v) is 13.1. The first-order valence-electron chi connectivity index (χ1n) is 8.83. The number of hydrogen-bond donors (Lipinski definition) is 0. The second-order valence-electron chi connectivity index (χ2n) is 7.95. The number of carbonyl (C=O) groups is 3. The minimum absolute atomic E-state index is 0.0450. The van der Waals surface area contributed by atoms with E-state index in [1.54, 1.807) is 18.2 Å². The molecule has 1 aromatic rings. The summed E-state index contributed by atoms with van der Waals surface area (Å²) in [5.41, 5.74) is 1.83. The Balaban J connectivity index is 1.43. The number of ether oxygens (including phenoxy) is 1. The van der Waals surface area contributed by atoms with E-state index in [0.717, 1.165) is 18.4 Å². The Hall–Kier alpha value is -2.17. The van der Waals surface area contributed by atoms with Gasteiger partial charge in [0, 0.05) is 5.56 Å². The fourth-order valence-electron chi connectivity index (χ4n) is 6.03. The number of imide groups is 1. The average Bonchev–Trinajstić information content (AvgIpc) is 3.29. The Morgan fingerprint density at radius 3 is 2.25 bits per heavy atom. The van der Waals surface area contributed by atoms with Gasteiger partial charge < -0.3 is 4.74 Å². The van der Waals surface area contributed by atoms with Crippen molar-refractivity contribution in [3.8, 4) is 0 Å². The molecule has 7 rings (SSSR count). The summed E-state index contributed by atoms with van der Waals surface area (Å²) in [5, 5.41) is 0. The van der Waals surface area contributed by atoms with Crippen LogP contribution in [0.4, 0.5) is 5.69 Å². The molecule has 0 radical (unpaired) electrons. The molecule has 1 aromatic carbocycles. The summed E-state index contributed by atoms with van der Waals surface area (Å²) in [6, 6.07) is 5.22. The second kappa shape index (κ2) is 4.08. The van der Waals surface area contributed by atoms with Gasteiger partial charge in [0.05, 0.1) is 23.1 Å². The molecule has 6 atom stereocenters. The van der Waals surface area contributed by atoms with E-state index in [2.05, 4.69) is 0 Å². The number of anilines is 1. The summed E-state index contributed by atoms with van der Waals surface area (Å²) < 4.78 is 5.03. The topological polar surface area (TPSA) is 63.7 Å². The van der Waals surface area contributed by atoms with Gasteiger partial charge in [-0.3, -0.25) is 14.5 Å². The molecule has 2 aliphatic heterocycles.